The van der Waals surface area contributed by atoms with Gasteiger partial charge in [-0.2, -0.15) is 0 Å². The van der Waals surface area contributed by atoms with Crippen LogP contribution in [-0.4, -0.2) is 0 Å². The first-order valence-corrected chi connectivity index (χ1v) is 22.2. The Labute approximate surface area is 341 Å². The van der Waals surface area contributed by atoms with E-state index in [4.69, 9.17) is 0 Å². The molecule has 0 spiro atoms. The number of aryl methyl sites for hydroxylation is 1. The van der Waals surface area contributed by atoms with E-state index in [0.717, 1.165) is 12.8 Å². The van der Waals surface area contributed by atoms with Gasteiger partial charge < -0.3 is 0 Å². The normalized spacial score (nSPS) is 13.2. The van der Waals surface area contributed by atoms with Crippen molar-refractivity contribution in [1.82, 2.24) is 0 Å². The van der Waals surface area contributed by atoms with Gasteiger partial charge in [-0.3, -0.25) is 0 Å². The fourth-order valence-corrected chi connectivity index (χ4v) is 10.8. The smallest absolute Gasteiger partial charge is 0.0215 e. The maximum absolute atomic E-state index is 3.93. The highest BCUT2D eigenvalue weighted by Crippen LogP contribution is 2.55. The van der Waals surface area contributed by atoms with E-state index in [-0.39, 0.29) is 5.41 Å². The summed E-state index contributed by atoms with van der Waals surface area (Å²) in [6.07, 6.45) is 19.5. The molecule has 0 bridgehead atoms. The quantitative estimate of drug-likeness (QED) is 0.0377. The van der Waals surface area contributed by atoms with Crippen molar-refractivity contribution in [2.75, 3.05) is 0 Å². The van der Waals surface area contributed by atoms with Crippen LogP contribution in [0.5, 0.6) is 0 Å². The highest BCUT2D eigenvalue weighted by Gasteiger charge is 2.42. The topological polar surface area (TPSA) is 0 Å². The first-order valence-electron chi connectivity index (χ1n) is 22.2. The first-order chi connectivity index (χ1) is 28.2. The van der Waals surface area contributed by atoms with Gasteiger partial charge >= 0.3 is 0 Å². The molecule has 0 heteroatoms. The molecule has 1 aliphatic carbocycles. The minimum absolute atomic E-state index is 0.0679. The Bertz CT molecular complexity index is 2660. The van der Waals surface area contributed by atoms with Crippen LogP contribution in [0.3, 0.4) is 0 Å². The number of unbranched alkanes of at least 4 members (excludes halogenated alkanes) is 8. The maximum Gasteiger partial charge on any atom is 0.0215 e. The summed E-state index contributed by atoms with van der Waals surface area (Å²) in [6, 6.07) is 49.7. The molecule has 0 radical (unpaired) electrons. The Kier molecular flexibility index (Phi) is 10.7. The van der Waals surface area contributed by atoms with E-state index in [1.165, 1.54) is 159 Å². The zero-order valence-electron chi connectivity index (χ0n) is 34.3. The number of allylic oxidation sites excluding steroid dienone is 1. The Morgan fingerprint density at radius 1 is 0.439 bits per heavy atom. The fourth-order valence-electron chi connectivity index (χ4n) is 10.8. The number of fused-ring (bicyclic) bond motifs is 5. The van der Waals surface area contributed by atoms with Crippen LogP contribution in [0.25, 0.3) is 76.5 Å². The second-order valence-electron chi connectivity index (χ2n) is 17.0. The second-order valence-corrected chi connectivity index (χ2v) is 17.0. The average Bonchev–Trinajstić information content (AvgIpc) is 3.53. The standard InChI is InChI=1S/C57H58/c1-4-7-10-13-22-40-31-34-51-50-29-21-27-48-45(35-36-52(56(48)50)49-28-20-26-43(40)55(49)51)44-24-15-14-23-42(44)41-32-33-47-46-25-16-17-30-53(46)57(54(47)39-41,37-18-11-8-5-2)38-19-12-9-6-3/h4,14-17,20-21,23-36,39H,1,5-13,18-19,22,37-38H2,2-3H3. The predicted octanol–water partition coefficient (Wildman–Crippen LogP) is 17.2. The van der Waals surface area contributed by atoms with Crippen molar-refractivity contribution < 1.29 is 0 Å². The Morgan fingerprint density at radius 2 is 1.02 bits per heavy atom. The number of hydrogen-bond donors (Lipinski definition) is 0. The van der Waals surface area contributed by atoms with Gasteiger partial charge in [-0.1, -0.05) is 193 Å². The molecule has 0 unspecified atom stereocenters. The second kappa shape index (κ2) is 16.3. The van der Waals surface area contributed by atoms with Crippen LogP contribution in [0.2, 0.25) is 0 Å². The molecule has 0 aliphatic heterocycles. The average molecular weight is 743 g/mol. The van der Waals surface area contributed by atoms with Gasteiger partial charge in [0.2, 0.25) is 0 Å². The molecule has 0 aromatic heterocycles. The molecule has 0 saturated heterocycles. The van der Waals surface area contributed by atoms with Crippen molar-refractivity contribution in [2.24, 2.45) is 0 Å². The zero-order chi connectivity index (χ0) is 38.8. The van der Waals surface area contributed by atoms with E-state index >= 15 is 0 Å². The first kappa shape index (κ1) is 37.4. The SMILES string of the molecule is C=CCCCCc1ccc2c3cccc4c(-c5ccccc5-c5ccc6c(c5)C(CCCCCC)(CCCCCC)c5ccccc5-6)ccc(c5cccc1c25)c43. The third-order valence-electron chi connectivity index (χ3n) is 13.6. The van der Waals surface area contributed by atoms with Crippen LogP contribution in [0.4, 0.5) is 0 Å². The van der Waals surface area contributed by atoms with E-state index in [1.807, 2.05) is 6.08 Å². The molecule has 0 amide bonds. The molecule has 286 valence electrons. The summed E-state index contributed by atoms with van der Waals surface area (Å²) in [5.74, 6) is 0. The summed E-state index contributed by atoms with van der Waals surface area (Å²) in [6.45, 7) is 8.59. The minimum atomic E-state index is 0.0679. The molecule has 0 atom stereocenters. The number of rotatable bonds is 17. The van der Waals surface area contributed by atoms with Crippen LogP contribution >= 0.6 is 0 Å². The third kappa shape index (κ3) is 6.56. The van der Waals surface area contributed by atoms with E-state index in [9.17, 15) is 0 Å². The largest absolute Gasteiger partial charge is 0.103 e. The summed E-state index contributed by atoms with van der Waals surface area (Å²) in [5, 5.41) is 11.0. The summed E-state index contributed by atoms with van der Waals surface area (Å²) in [5.41, 5.74) is 12.8. The lowest BCUT2D eigenvalue weighted by Crippen LogP contribution is -2.25. The molecule has 0 saturated carbocycles. The molecule has 1 aliphatic rings. The lowest BCUT2D eigenvalue weighted by Gasteiger charge is -2.33. The molecule has 8 aromatic rings. The van der Waals surface area contributed by atoms with E-state index in [0.29, 0.717) is 0 Å². The molecular weight excluding hydrogens is 685 g/mol. The van der Waals surface area contributed by atoms with Crippen LogP contribution in [0.15, 0.2) is 140 Å². The molecule has 0 N–H and O–H groups in total. The van der Waals surface area contributed by atoms with Gasteiger partial charge in [-0.05, 0) is 138 Å². The van der Waals surface area contributed by atoms with Crippen molar-refractivity contribution in [3.63, 3.8) is 0 Å². The van der Waals surface area contributed by atoms with Gasteiger partial charge in [0.05, 0.1) is 0 Å². The predicted molar refractivity (Wildman–Crippen MR) is 250 cm³/mol. The van der Waals surface area contributed by atoms with Crippen molar-refractivity contribution in [2.45, 2.75) is 109 Å². The van der Waals surface area contributed by atoms with Gasteiger partial charge in [0.15, 0.2) is 0 Å². The van der Waals surface area contributed by atoms with Crippen LogP contribution in [0.1, 0.15) is 114 Å². The Balaban J connectivity index is 1.18. The number of benzene rings is 8. The maximum atomic E-state index is 3.93. The van der Waals surface area contributed by atoms with E-state index in [1.54, 1.807) is 11.1 Å². The Morgan fingerprint density at radius 3 is 1.74 bits per heavy atom. The van der Waals surface area contributed by atoms with E-state index < -0.39 is 0 Å². The van der Waals surface area contributed by atoms with Gasteiger partial charge in [-0.25, -0.2) is 0 Å². The summed E-state index contributed by atoms with van der Waals surface area (Å²) in [7, 11) is 0. The minimum Gasteiger partial charge on any atom is -0.103 e. The van der Waals surface area contributed by atoms with Gasteiger partial charge in [-0.15, -0.1) is 6.58 Å². The third-order valence-corrected chi connectivity index (χ3v) is 13.6. The Hall–Kier alpha value is -5.20. The lowest BCUT2D eigenvalue weighted by molar-refractivity contribution is 0.401. The highest BCUT2D eigenvalue weighted by molar-refractivity contribution is 6.34. The van der Waals surface area contributed by atoms with Gasteiger partial charge in [0.25, 0.3) is 0 Å². The van der Waals surface area contributed by atoms with E-state index in [2.05, 4.69) is 148 Å². The molecule has 0 fully saturated rings. The lowest BCUT2D eigenvalue weighted by atomic mass is 9.70. The monoisotopic (exact) mass is 742 g/mol. The molecule has 0 heterocycles. The van der Waals surface area contributed by atoms with Gasteiger partial charge in [0.1, 0.15) is 0 Å². The van der Waals surface area contributed by atoms with Crippen molar-refractivity contribution in [3.05, 3.63) is 157 Å². The molecular formula is C57H58. The highest BCUT2D eigenvalue weighted by atomic mass is 14.4. The fraction of sp³-hybridized carbons (Fsp3) is 0.298. The molecule has 57 heavy (non-hydrogen) atoms. The molecule has 0 nitrogen and oxygen atoms in total. The summed E-state index contributed by atoms with van der Waals surface area (Å²) >= 11 is 0. The van der Waals surface area contributed by atoms with Crippen LogP contribution in [-0.2, 0) is 11.8 Å². The summed E-state index contributed by atoms with van der Waals surface area (Å²) in [4.78, 5) is 0. The van der Waals surface area contributed by atoms with Gasteiger partial charge in [0, 0.05) is 5.41 Å². The van der Waals surface area contributed by atoms with Crippen LogP contribution < -0.4 is 0 Å². The van der Waals surface area contributed by atoms with Crippen molar-refractivity contribution in [3.8, 4) is 33.4 Å². The number of hydrogen-bond acceptors (Lipinski definition) is 0. The summed E-state index contributed by atoms with van der Waals surface area (Å²) < 4.78 is 0. The zero-order valence-corrected chi connectivity index (χ0v) is 34.3. The van der Waals surface area contributed by atoms with Crippen molar-refractivity contribution in [1.29, 1.82) is 0 Å². The molecule has 9 rings (SSSR count). The van der Waals surface area contributed by atoms with Crippen LogP contribution in [0, 0.1) is 0 Å². The van der Waals surface area contributed by atoms with Crippen molar-refractivity contribution >= 4 is 43.1 Å². The molecule has 8 aromatic carbocycles.